The van der Waals surface area contributed by atoms with E-state index in [1.165, 1.54) is 7.11 Å². The molecule has 90 valence electrons. The van der Waals surface area contributed by atoms with Gasteiger partial charge in [0, 0.05) is 12.3 Å². The molecule has 0 amide bonds. The Morgan fingerprint density at radius 3 is 2.75 bits per heavy atom. The summed E-state index contributed by atoms with van der Waals surface area (Å²) in [6.45, 7) is 0. The SMILES string of the molecule is COC(=O)CCCCCCC1CC=CC1=O. The van der Waals surface area contributed by atoms with E-state index < -0.39 is 0 Å². The van der Waals surface area contributed by atoms with Crippen molar-refractivity contribution in [1.29, 1.82) is 0 Å². The first-order valence-corrected chi connectivity index (χ1v) is 6.01. The Bertz CT molecular complexity index is 268. The maximum atomic E-state index is 11.3. The van der Waals surface area contributed by atoms with Gasteiger partial charge in [0.2, 0.25) is 0 Å². The fourth-order valence-corrected chi connectivity index (χ4v) is 1.98. The summed E-state index contributed by atoms with van der Waals surface area (Å²) in [5.41, 5.74) is 0. The fraction of sp³-hybridized carbons (Fsp3) is 0.692. The van der Waals surface area contributed by atoms with Crippen LogP contribution in [0.25, 0.3) is 0 Å². The van der Waals surface area contributed by atoms with Crippen LogP contribution in [0, 0.1) is 5.92 Å². The summed E-state index contributed by atoms with van der Waals surface area (Å²) < 4.78 is 4.56. The molecule has 0 aromatic heterocycles. The number of unbranched alkanes of at least 4 members (excludes halogenated alkanes) is 3. The van der Waals surface area contributed by atoms with Crippen LogP contribution in [0.5, 0.6) is 0 Å². The zero-order chi connectivity index (χ0) is 11.8. The number of ether oxygens (including phenoxy) is 1. The monoisotopic (exact) mass is 224 g/mol. The van der Waals surface area contributed by atoms with Crippen LogP contribution < -0.4 is 0 Å². The van der Waals surface area contributed by atoms with E-state index in [1.807, 2.05) is 6.08 Å². The van der Waals surface area contributed by atoms with Gasteiger partial charge in [0.15, 0.2) is 5.78 Å². The Labute approximate surface area is 96.9 Å². The molecular formula is C13H20O3. The molecule has 1 aliphatic rings. The average molecular weight is 224 g/mol. The zero-order valence-corrected chi connectivity index (χ0v) is 9.91. The Morgan fingerprint density at radius 2 is 2.12 bits per heavy atom. The van der Waals surface area contributed by atoms with Crippen LogP contribution >= 0.6 is 0 Å². The maximum absolute atomic E-state index is 11.3. The minimum absolute atomic E-state index is 0.129. The molecule has 0 aliphatic heterocycles. The minimum atomic E-state index is -0.129. The van der Waals surface area contributed by atoms with E-state index in [-0.39, 0.29) is 17.7 Å². The lowest BCUT2D eigenvalue weighted by atomic mass is 9.98. The van der Waals surface area contributed by atoms with Gasteiger partial charge in [-0.15, -0.1) is 0 Å². The molecule has 0 bridgehead atoms. The quantitative estimate of drug-likeness (QED) is 0.493. The number of rotatable bonds is 7. The highest BCUT2D eigenvalue weighted by atomic mass is 16.5. The van der Waals surface area contributed by atoms with Gasteiger partial charge in [-0.1, -0.05) is 25.3 Å². The van der Waals surface area contributed by atoms with Crippen LogP contribution in [0.15, 0.2) is 12.2 Å². The summed E-state index contributed by atoms with van der Waals surface area (Å²) in [5.74, 6) is 0.394. The van der Waals surface area contributed by atoms with E-state index in [0.29, 0.717) is 6.42 Å². The standard InChI is InChI=1S/C13H20O3/c1-16-13(15)10-5-3-2-4-7-11-8-6-9-12(11)14/h6,9,11H,2-5,7-8,10H2,1H3. The molecule has 0 spiro atoms. The molecule has 16 heavy (non-hydrogen) atoms. The first kappa shape index (κ1) is 12.9. The van der Waals surface area contributed by atoms with Gasteiger partial charge in [0.05, 0.1) is 7.11 Å². The van der Waals surface area contributed by atoms with Gasteiger partial charge in [-0.2, -0.15) is 0 Å². The molecule has 1 atom stereocenters. The Kier molecular flexibility index (Phi) is 5.83. The molecule has 0 aromatic rings. The zero-order valence-electron chi connectivity index (χ0n) is 9.91. The molecule has 0 saturated heterocycles. The van der Waals surface area contributed by atoms with Gasteiger partial charge >= 0.3 is 5.97 Å². The van der Waals surface area contributed by atoms with Crippen molar-refractivity contribution in [3.05, 3.63) is 12.2 Å². The third-order valence-electron chi connectivity index (χ3n) is 3.02. The predicted molar refractivity (Wildman–Crippen MR) is 62.0 cm³/mol. The number of esters is 1. The van der Waals surface area contributed by atoms with Crippen LogP contribution in [0.1, 0.15) is 44.9 Å². The van der Waals surface area contributed by atoms with E-state index in [9.17, 15) is 9.59 Å². The van der Waals surface area contributed by atoms with Crippen molar-refractivity contribution in [3.8, 4) is 0 Å². The number of allylic oxidation sites excluding steroid dienone is 2. The van der Waals surface area contributed by atoms with Crippen LogP contribution in [0.2, 0.25) is 0 Å². The Hall–Kier alpha value is -1.12. The van der Waals surface area contributed by atoms with Crippen molar-refractivity contribution in [3.63, 3.8) is 0 Å². The molecule has 0 N–H and O–H groups in total. The van der Waals surface area contributed by atoms with E-state index >= 15 is 0 Å². The first-order chi connectivity index (χ1) is 7.74. The Balaban J connectivity index is 1.92. The number of hydrogen-bond donors (Lipinski definition) is 0. The normalized spacial score (nSPS) is 19.1. The van der Waals surface area contributed by atoms with E-state index in [1.54, 1.807) is 6.08 Å². The molecule has 1 unspecified atom stereocenters. The number of carbonyl (C=O) groups is 2. The van der Waals surface area contributed by atoms with Gasteiger partial charge < -0.3 is 4.74 Å². The number of hydrogen-bond acceptors (Lipinski definition) is 3. The molecule has 0 fully saturated rings. The summed E-state index contributed by atoms with van der Waals surface area (Å²) >= 11 is 0. The highest BCUT2D eigenvalue weighted by molar-refractivity contribution is 5.93. The van der Waals surface area contributed by atoms with Crippen molar-refractivity contribution < 1.29 is 14.3 Å². The maximum Gasteiger partial charge on any atom is 0.305 e. The van der Waals surface area contributed by atoms with Crippen LogP contribution in [-0.4, -0.2) is 18.9 Å². The van der Waals surface area contributed by atoms with Gasteiger partial charge in [0.1, 0.15) is 0 Å². The van der Waals surface area contributed by atoms with Crippen LogP contribution in [0.3, 0.4) is 0 Å². The van der Waals surface area contributed by atoms with Crippen molar-refractivity contribution in [2.75, 3.05) is 7.11 Å². The molecule has 0 aromatic carbocycles. The van der Waals surface area contributed by atoms with E-state index in [2.05, 4.69) is 4.74 Å². The fourth-order valence-electron chi connectivity index (χ4n) is 1.98. The summed E-state index contributed by atoms with van der Waals surface area (Å²) in [5, 5.41) is 0. The van der Waals surface area contributed by atoms with Gasteiger partial charge in [0.25, 0.3) is 0 Å². The summed E-state index contributed by atoms with van der Waals surface area (Å²) in [6, 6.07) is 0. The molecule has 1 aliphatic carbocycles. The third-order valence-corrected chi connectivity index (χ3v) is 3.02. The highest BCUT2D eigenvalue weighted by Crippen LogP contribution is 2.21. The number of carbonyl (C=O) groups excluding carboxylic acids is 2. The lowest BCUT2D eigenvalue weighted by molar-refractivity contribution is -0.140. The van der Waals surface area contributed by atoms with Gasteiger partial charge in [-0.05, 0) is 25.3 Å². The predicted octanol–water partition coefficient (Wildman–Crippen LogP) is 2.65. The summed E-state index contributed by atoms with van der Waals surface area (Å²) in [6.07, 6.45) is 10.2. The lowest BCUT2D eigenvalue weighted by Gasteiger charge is -2.06. The van der Waals surface area contributed by atoms with Crippen molar-refractivity contribution in [1.82, 2.24) is 0 Å². The highest BCUT2D eigenvalue weighted by Gasteiger charge is 2.18. The van der Waals surface area contributed by atoms with E-state index in [0.717, 1.165) is 38.5 Å². The first-order valence-electron chi connectivity index (χ1n) is 6.01. The smallest absolute Gasteiger partial charge is 0.305 e. The molecular weight excluding hydrogens is 204 g/mol. The minimum Gasteiger partial charge on any atom is -0.469 e. The number of methoxy groups -OCH3 is 1. The molecule has 0 radical (unpaired) electrons. The average Bonchev–Trinajstić information content (AvgIpc) is 2.69. The molecule has 1 rings (SSSR count). The van der Waals surface area contributed by atoms with Crippen molar-refractivity contribution >= 4 is 11.8 Å². The summed E-state index contributed by atoms with van der Waals surface area (Å²) in [4.78, 5) is 22.1. The van der Waals surface area contributed by atoms with Gasteiger partial charge in [-0.25, -0.2) is 0 Å². The molecule has 3 heteroatoms. The molecule has 0 heterocycles. The lowest BCUT2D eigenvalue weighted by Crippen LogP contribution is -2.06. The largest absolute Gasteiger partial charge is 0.469 e. The third kappa shape index (κ3) is 4.60. The van der Waals surface area contributed by atoms with Crippen molar-refractivity contribution in [2.24, 2.45) is 5.92 Å². The second-order valence-corrected chi connectivity index (χ2v) is 4.27. The summed E-state index contributed by atoms with van der Waals surface area (Å²) in [7, 11) is 1.42. The van der Waals surface area contributed by atoms with Gasteiger partial charge in [-0.3, -0.25) is 9.59 Å². The van der Waals surface area contributed by atoms with Crippen molar-refractivity contribution in [2.45, 2.75) is 44.9 Å². The molecule has 3 nitrogen and oxygen atoms in total. The Morgan fingerprint density at radius 1 is 1.38 bits per heavy atom. The second kappa shape index (κ2) is 7.20. The van der Waals surface area contributed by atoms with Crippen LogP contribution in [-0.2, 0) is 14.3 Å². The second-order valence-electron chi connectivity index (χ2n) is 4.27. The van der Waals surface area contributed by atoms with E-state index in [4.69, 9.17) is 0 Å². The molecule has 0 saturated carbocycles. The topological polar surface area (TPSA) is 43.4 Å². The number of ketones is 1. The van der Waals surface area contributed by atoms with Crippen LogP contribution in [0.4, 0.5) is 0 Å².